The molecule has 2 N–H and O–H groups in total. The van der Waals surface area contributed by atoms with Gasteiger partial charge in [-0.25, -0.2) is 0 Å². The maximum atomic E-state index is 10.2. The summed E-state index contributed by atoms with van der Waals surface area (Å²) in [6, 6.07) is 14.0. The fourth-order valence-corrected chi connectivity index (χ4v) is 4.31. The minimum absolute atomic E-state index is 0.345. The second kappa shape index (κ2) is 9.12. The quantitative estimate of drug-likeness (QED) is 0.547. The Labute approximate surface area is 157 Å². The molecular weight excluding hydrogens is 320 g/mol. The van der Waals surface area contributed by atoms with Crippen LogP contribution < -0.4 is 0 Å². The SMILES string of the molecule is CCCCCCc1cc(C2CCC(c3ccc(O)cc3)CC2)ccc1O. The molecule has 0 spiro atoms. The summed E-state index contributed by atoms with van der Waals surface area (Å²) >= 11 is 0. The van der Waals surface area contributed by atoms with Gasteiger partial charge in [0.05, 0.1) is 0 Å². The number of hydrogen-bond donors (Lipinski definition) is 2. The van der Waals surface area contributed by atoms with Crippen molar-refractivity contribution in [3.63, 3.8) is 0 Å². The molecule has 3 rings (SSSR count). The monoisotopic (exact) mass is 352 g/mol. The third-order valence-electron chi connectivity index (χ3n) is 5.97. The van der Waals surface area contributed by atoms with E-state index < -0.39 is 0 Å². The molecule has 1 aliphatic rings. The van der Waals surface area contributed by atoms with E-state index in [1.807, 2.05) is 6.07 Å². The molecule has 0 radical (unpaired) electrons. The van der Waals surface area contributed by atoms with Crippen molar-refractivity contribution >= 4 is 0 Å². The van der Waals surface area contributed by atoms with Gasteiger partial charge in [0.2, 0.25) is 0 Å². The molecule has 0 atom stereocenters. The molecule has 2 heteroatoms. The summed E-state index contributed by atoms with van der Waals surface area (Å²) in [5.74, 6) is 2.02. The molecule has 0 aromatic heterocycles. The van der Waals surface area contributed by atoms with Crippen LogP contribution in [0.3, 0.4) is 0 Å². The first kappa shape index (κ1) is 18.8. The number of hydrogen-bond acceptors (Lipinski definition) is 2. The van der Waals surface area contributed by atoms with Crippen LogP contribution in [-0.4, -0.2) is 10.2 Å². The molecule has 1 saturated carbocycles. The maximum Gasteiger partial charge on any atom is 0.118 e. The minimum atomic E-state index is 0.345. The summed E-state index contributed by atoms with van der Waals surface area (Å²) < 4.78 is 0. The topological polar surface area (TPSA) is 40.5 Å². The Morgan fingerprint density at radius 1 is 0.769 bits per heavy atom. The summed E-state index contributed by atoms with van der Waals surface area (Å²) in [4.78, 5) is 0. The van der Waals surface area contributed by atoms with E-state index >= 15 is 0 Å². The third-order valence-corrected chi connectivity index (χ3v) is 5.97. The average Bonchev–Trinajstić information content (AvgIpc) is 2.67. The zero-order valence-corrected chi connectivity index (χ0v) is 16.0. The Hall–Kier alpha value is -1.96. The fraction of sp³-hybridized carbons (Fsp3) is 0.500. The first-order valence-corrected chi connectivity index (χ1v) is 10.3. The highest BCUT2D eigenvalue weighted by Gasteiger charge is 2.24. The number of rotatable bonds is 7. The standard InChI is InChI=1S/C24H32O2/c1-2-3-4-5-6-22-17-21(13-16-24(22)26)20-9-7-18(8-10-20)19-11-14-23(25)15-12-19/h11-18,20,25-26H,2-10H2,1H3. The van der Waals surface area contributed by atoms with E-state index in [4.69, 9.17) is 0 Å². The van der Waals surface area contributed by atoms with Crippen molar-refractivity contribution in [1.29, 1.82) is 0 Å². The van der Waals surface area contributed by atoms with Crippen LogP contribution in [0.2, 0.25) is 0 Å². The van der Waals surface area contributed by atoms with E-state index in [1.54, 1.807) is 12.1 Å². The van der Waals surface area contributed by atoms with Crippen LogP contribution >= 0.6 is 0 Å². The smallest absolute Gasteiger partial charge is 0.118 e. The number of aryl methyl sites for hydroxylation is 1. The van der Waals surface area contributed by atoms with Crippen molar-refractivity contribution in [2.75, 3.05) is 0 Å². The van der Waals surface area contributed by atoms with Crippen LogP contribution in [0.1, 0.15) is 86.8 Å². The lowest BCUT2D eigenvalue weighted by Gasteiger charge is -2.29. The molecule has 0 saturated heterocycles. The van der Waals surface area contributed by atoms with Crippen LogP contribution in [0, 0.1) is 0 Å². The molecule has 0 heterocycles. The number of phenolic OH excluding ortho intramolecular Hbond substituents is 2. The summed E-state index contributed by atoms with van der Waals surface area (Å²) in [6.45, 7) is 2.23. The predicted molar refractivity (Wildman–Crippen MR) is 108 cm³/mol. The number of unbranched alkanes of at least 4 members (excludes halogenated alkanes) is 3. The molecule has 0 bridgehead atoms. The van der Waals surface area contributed by atoms with Gasteiger partial charge in [0.25, 0.3) is 0 Å². The summed E-state index contributed by atoms with van der Waals surface area (Å²) in [5.41, 5.74) is 3.88. The van der Waals surface area contributed by atoms with Crippen molar-refractivity contribution < 1.29 is 10.2 Å². The largest absolute Gasteiger partial charge is 0.508 e. The van der Waals surface area contributed by atoms with Crippen molar-refractivity contribution in [3.8, 4) is 11.5 Å². The average molecular weight is 353 g/mol. The van der Waals surface area contributed by atoms with Gasteiger partial charge in [-0.1, -0.05) is 50.5 Å². The van der Waals surface area contributed by atoms with Crippen LogP contribution in [-0.2, 0) is 6.42 Å². The highest BCUT2D eigenvalue weighted by Crippen LogP contribution is 2.41. The normalized spacial score (nSPS) is 20.2. The van der Waals surface area contributed by atoms with E-state index in [1.165, 1.54) is 62.5 Å². The Bertz CT molecular complexity index is 682. The number of aromatic hydroxyl groups is 2. The highest BCUT2D eigenvalue weighted by molar-refractivity contribution is 5.38. The zero-order valence-electron chi connectivity index (χ0n) is 16.0. The van der Waals surface area contributed by atoms with Crippen molar-refractivity contribution in [3.05, 3.63) is 59.2 Å². The lowest BCUT2D eigenvalue weighted by atomic mass is 9.76. The molecule has 2 nitrogen and oxygen atoms in total. The lowest BCUT2D eigenvalue weighted by molar-refractivity contribution is 0.395. The molecular formula is C24H32O2. The molecule has 1 fully saturated rings. The summed E-state index contributed by atoms with van der Waals surface area (Å²) in [7, 11) is 0. The van der Waals surface area contributed by atoms with Crippen molar-refractivity contribution in [1.82, 2.24) is 0 Å². The minimum Gasteiger partial charge on any atom is -0.508 e. The van der Waals surface area contributed by atoms with Crippen LogP contribution in [0.15, 0.2) is 42.5 Å². The van der Waals surface area contributed by atoms with Crippen LogP contribution in [0.5, 0.6) is 11.5 Å². The number of phenols is 2. The molecule has 2 aromatic rings. The Morgan fingerprint density at radius 2 is 1.38 bits per heavy atom. The maximum absolute atomic E-state index is 10.2. The van der Waals surface area contributed by atoms with Crippen LogP contribution in [0.4, 0.5) is 0 Å². The lowest BCUT2D eigenvalue weighted by Crippen LogP contribution is -2.12. The van der Waals surface area contributed by atoms with E-state index in [-0.39, 0.29) is 0 Å². The fourth-order valence-electron chi connectivity index (χ4n) is 4.31. The summed E-state index contributed by atoms with van der Waals surface area (Å²) in [6.07, 6.45) is 10.7. The molecule has 0 amide bonds. The molecule has 0 unspecified atom stereocenters. The second-order valence-corrected chi connectivity index (χ2v) is 7.84. The van der Waals surface area contributed by atoms with E-state index in [2.05, 4.69) is 31.2 Å². The number of benzene rings is 2. The van der Waals surface area contributed by atoms with Gasteiger partial charge in [-0.2, -0.15) is 0 Å². The Balaban J connectivity index is 1.59. The van der Waals surface area contributed by atoms with Gasteiger partial charge < -0.3 is 10.2 Å². The van der Waals surface area contributed by atoms with E-state index in [0.717, 1.165) is 12.0 Å². The zero-order chi connectivity index (χ0) is 18.4. The first-order valence-electron chi connectivity index (χ1n) is 10.3. The van der Waals surface area contributed by atoms with Gasteiger partial charge in [0.15, 0.2) is 0 Å². The van der Waals surface area contributed by atoms with Crippen molar-refractivity contribution in [2.45, 2.75) is 76.5 Å². The van der Waals surface area contributed by atoms with Gasteiger partial charge in [0, 0.05) is 0 Å². The van der Waals surface area contributed by atoms with Gasteiger partial charge in [0.1, 0.15) is 11.5 Å². The second-order valence-electron chi connectivity index (χ2n) is 7.84. The molecule has 1 aliphatic carbocycles. The van der Waals surface area contributed by atoms with Crippen molar-refractivity contribution in [2.24, 2.45) is 0 Å². The molecule has 140 valence electrons. The van der Waals surface area contributed by atoms with Gasteiger partial charge in [-0.3, -0.25) is 0 Å². The van der Waals surface area contributed by atoms with Gasteiger partial charge in [-0.05, 0) is 85.3 Å². The highest BCUT2D eigenvalue weighted by atomic mass is 16.3. The van der Waals surface area contributed by atoms with E-state index in [9.17, 15) is 10.2 Å². The Morgan fingerprint density at radius 3 is 2.04 bits per heavy atom. The molecule has 26 heavy (non-hydrogen) atoms. The first-order chi connectivity index (χ1) is 12.7. The summed E-state index contributed by atoms with van der Waals surface area (Å²) in [5, 5.41) is 19.6. The predicted octanol–water partition coefficient (Wildman–Crippen LogP) is 6.66. The molecule has 0 aliphatic heterocycles. The third kappa shape index (κ3) is 4.81. The Kier molecular flexibility index (Phi) is 6.60. The van der Waals surface area contributed by atoms with Gasteiger partial charge in [-0.15, -0.1) is 0 Å². The van der Waals surface area contributed by atoms with E-state index in [0.29, 0.717) is 23.3 Å². The molecule has 2 aromatic carbocycles. The van der Waals surface area contributed by atoms with Gasteiger partial charge >= 0.3 is 0 Å². The van der Waals surface area contributed by atoms with Crippen LogP contribution in [0.25, 0.3) is 0 Å².